The molecule has 0 saturated heterocycles. The molecular formula is C11H12O5. The van der Waals surface area contributed by atoms with Crippen molar-refractivity contribution < 1.29 is 24.5 Å². The smallest absolute Gasteiger partial charge is 0.338 e. The van der Waals surface area contributed by atoms with Crippen LogP contribution in [0.1, 0.15) is 28.9 Å². The second-order valence-corrected chi connectivity index (χ2v) is 3.08. The number of aliphatic carboxylic acids is 1. The maximum Gasteiger partial charge on any atom is 0.338 e. The highest BCUT2D eigenvalue weighted by atomic mass is 16.5. The summed E-state index contributed by atoms with van der Waals surface area (Å²) in [6.07, 6.45) is -1.57. The summed E-state index contributed by atoms with van der Waals surface area (Å²) in [7, 11) is 0. The molecule has 0 fully saturated rings. The van der Waals surface area contributed by atoms with Crippen molar-refractivity contribution in [2.75, 3.05) is 6.61 Å². The number of aliphatic hydroxyl groups is 1. The molecule has 0 heterocycles. The standard InChI is InChI=1S/C11H12O5/c1-2-16-11(15)8-5-3-7(4-6-8)9(12)10(13)14/h3-6,9,12H,2H2,1H3,(H,13,14). The number of carboxylic acids is 1. The van der Waals surface area contributed by atoms with E-state index in [9.17, 15) is 14.7 Å². The van der Waals surface area contributed by atoms with Crippen molar-refractivity contribution in [1.29, 1.82) is 0 Å². The van der Waals surface area contributed by atoms with Gasteiger partial charge in [-0.15, -0.1) is 0 Å². The molecule has 86 valence electrons. The number of carbonyl (C=O) groups excluding carboxylic acids is 1. The van der Waals surface area contributed by atoms with E-state index in [2.05, 4.69) is 0 Å². The van der Waals surface area contributed by atoms with Crippen LogP contribution in [0, 0.1) is 0 Å². The van der Waals surface area contributed by atoms with E-state index in [4.69, 9.17) is 9.84 Å². The van der Waals surface area contributed by atoms with E-state index in [1.165, 1.54) is 24.3 Å². The molecule has 1 atom stereocenters. The number of ether oxygens (including phenoxy) is 1. The number of esters is 1. The molecule has 5 nitrogen and oxygen atoms in total. The topological polar surface area (TPSA) is 83.8 Å². The Bertz CT molecular complexity index is 382. The molecule has 0 bridgehead atoms. The van der Waals surface area contributed by atoms with Crippen molar-refractivity contribution in [2.24, 2.45) is 0 Å². The van der Waals surface area contributed by atoms with Gasteiger partial charge < -0.3 is 14.9 Å². The van der Waals surface area contributed by atoms with Gasteiger partial charge in [-0.05, 0) is 24.6 Å². The maximum absolute atomic E-state index is 11.3. The summed E-state index contributed by atoms with van der Waals surface area (Å²) >= 11 is 0. The molecule has 0 aromatic heterocycles. The van der Waals surface area contributed by atoms with Gasteiger partial charge in [0.25, 0.3) is 0 Å². The number of benzene rings is 1. The Balaban J connectivity index is 2.83. The van der Waals surface area contributed by atoms with Crippen LogP contribution in [-0.4, -0.2) is 28.8 Å². The molecule has 0 aliphatic carbocycles. The normalized spacial score (nSPS) is 11.9. The number of hydrogen-bond donors (Lipinski definition) is 2. The Morgan fingerprint density at radius 2 is 1.88 bits per heavy atom. The summed E-state index contributed by atoms with van der Waals surface area (Å²) in [5.41, 5.74) is 0.545. The molecule has 0 aliphatic rings. The minimum Gasteiger partial charge on any atom is -0.479 e. The van der Waals surface area contributed by atoms with Crippen LogP contribution >= 0.6 is 0 Å². The van der Waals surface area contributed by atoms with E-state index < -0.39 is 18.0 Å². The Hall–Kier alpha value is -1.88. The molecule has 0 spiro atoms. The van der Waals surface area contributed by atoms with Gasteiger partial charge in [0.05, 0.1) is 12.2 Å². The zero-order valence-corrected chi connectivity index (χ0v) is 8.71. The SMILES string of the molecule is CCOC(=O)c1ccc(C(O)C(=O)O)cc1. The monoisotopic (exact) mass is 224 g/mol. The first-order chi connectivity index (χ1) is 7.56. The largest absolute Gasteiger partial charge is 0.479 e. The predicted molar refractivity (Wildman–Crippen MR) is 55.0 cm³/mol. The Labute approximate surface area is 92.3 Å². The van der Waals surface area contributed by atoms with Crippen LogP contribution in [0.2, 0.25) is 0 Å². The molecule has 2 N–H and O–H groups in total. The van der Waals surface area contributed by atoms with Crippen molar-refractivity contribution in [3.8, 4) is 0 Å². The lowest BCUT2D eigenvalue weighted by Gasteiger charge is -2.06. The zero-order chi connectivity index (χ0) is 12.1. The Morgan fingerprint density at radius 3 is 2.31 bits per heavy atom. The average molecular weight is 224 g/mol. The summed E-state index contributed by atoms with van der Waals surface area (Å²) < 4.78 is 4.76. The van der Waals surface area contributed by atoms with E-state index in [1.54, 1.807) is 6.92 Å². The number of carboxylic acid groups (broad SMARTS) is 1. The summed E-state index contributed by atoms with van der Waals surface area (Å²) in [6, 6.07) is 5.59. The fourth-order valence-corrected chi connectivity index (χ4v) is 1.16. The van der Waals surface area contributed by atoms with Crippen molar-refractivity contribution in [2.45, 2.75) is 13.0 Å². The van der Waals surface area contributed by atoms with Crippen LogP contribution in [-0.2, 0) is 9.53 Å². The molecule has 1 aromatic carbocycles. The van der Waals surface area contributed by atoms with Gasteiger partial charge in [0.1, 0.15) is 0 Å². The fraction of sp³-hybridized carbons (Fsp3) is 0.273. The van der Waals surface area contributed by atoms with Crippen LogP contribution in [0.5, 0.6) is 0 Å². The van der Waals surface area contributed by atoms with E-state index in [0.717, 1.165) is 0 Å². The fourth-order valence-electron chi connectivity index (χ4n) is 1.16. The van der Waals surface area contributed by atoms with Crippen molar-refractivity contribution in [3.63, 3.8) is 0 Å². The molecular weight excluding hydrogens is 212 g/mol. The van der Waals surface area contributed by atoms with E-state index in [1.807, 2.05) is 0 Å². The first kappa shape index (κ1) is 12.2. The first-order valence-electron chi connectivity index (χ1n) is 4.74. The Morgan fingerprint density at radius 1 is 1.31 bits per heavy atom. The highest BCUT2D eigenvalue weighted by Crippen LogP contribution is 2.14. The van der Waals surface area contributed by atoms with Crippen LogP contribution in [0.3, 0.4) is 0 Å². The van der Waals surface area contributed by atoms with Crippen LogP contribution in [0.25, 0.3) is 0 Å². The van der Waals surface area contributed by atoms with Crippen LogP contribution < -0.4 is 0 Å². The zero-order valence-electron chi connectivity index (χ0n) is 8.71. The number of rotatable bonds is 4. The van der Waals surface area contributed by atoms with Gasteiger partial charge in [0.2, 0.25) is 0 Å². The third-order valence-corrected chi connectivity index (χ3v) is 1.97. The van der Waals surface area contributed by atoms with Gasteiger partial charge in [-0.2, -0.15) is 0 Å². The molecule has 5 heteroatoms. The molecule has 1 rings (SSSR count). The van der Waals surface area contributed by atoms with Crippen molar-refractivity contribution in [3.05, 3.63) is 35.4 Å². The molecule has 1 unspecified atom stereocenters. The van der Waals surface area contributed by atoms with Gasteiger partial charge in [0.15, 0.2) is 6.10 Å². The lowest BCUT2D eigenvalue weighted by molar-refractivity contribution is -0.146. The molecule has 16 heavy (non-hydrogen) atoms. The third kappa shape index (κ3) is 2.80. The molecule has 0 aliphatic heterocycles. The lowest BCUT2D eigenvalue weighted by Crippen LogP contribution is -2.11. The minimum absolute atomic E-state index is 0.223. The van der Waals surface area contributed by atoms with Gasteiger partial charge in [-0.3, -0.25) is 0 Å². The highest BCUT2D eigenvalue weighted by molar-refractivity contribution is 5.89. The molecule has 1 aromatic rings. The first-order valence-corrected chi connectivity index (χ1v) is 4.74. The number of carbonyl (C=O) groups is 2. The minimum atomic E-state index is -1.57. The van der Waals surface area contributed by atoms with E-state index >= 15 is 0 Å². The molecule has 0 saturated carbocycles. The second kappa shape index (κ2) is 5.27. The van der Waals surface area contributed by atoms with Crippen molar-refractivity contribution >= 4 is 11.9 Å². The van der Waals surface area contributed by atoms with Gasteiger partial charge >= 0.3 is 11.9 Å². The predicted octanol–water partition coefficient (Wildman–Crippen LogP) is 0.981. The highest BCUT2D eigenvalue weighted by Gasteiger charge is 2.16. The summed E-state index contributed by atoms with van der Waals surface area (Å²) in [5.74, 6) is -1.80. The van der Waals surface area contributed by atoms with Gasteiger partial charge in [-0.25, -0.2) is 9.59 Å². The van der Waals surface area contributed by atoms with Gasteiger partial charge in [0, 0.05) is 0 Å². The number of aliphatic hydroxyl groups excluding tert-OH is 1. The van der Waals surface area contributed by atoms with Crippen LogP contribution in [0.4, 0.5) is 0 Å². The molecule has 0 radical (unpaired) electrons. The number of hydrogen-bond acceptors (Lipinski definition) is 4. The summed E-state index contributed by atoms with van der Waals surface area (Å²) in [4.78, 5) is 21.7. The second-order valence-electron chi connectivity index (χ2n) is 3.08. The van der Waals surface area contributed by atoms with E-state index in [0.29, 0.717) is 5.56 Å². The maximum atomic E-state index is 11.3. The lowest BCUT2D eigenvalue weighted by atomic mass is 10.1. The average Bonchev–Trinajstić information content (AvgIpc) is 2.28. The van der Waals surface area contributed by atoms with Gasteiger partial charge in [-0.1, -0.05) is 12.1 Å². The summed E-state index contributed by atoms with van der Waals surface area (Å²) in [6.45, 7) is 1.97. The Kier molecular flexibility index (Phi) is 4.02. The quantitative estimate of drug-likeness (QED) is 0.745. The molecule has 0 amide bonds. The van der Waals surface area contributed by atoms with E-state index in [-0.39, 0.29) is 12.2 Å². The van der Waals surface area contributed by atoms with Crippen molar-refractivity contribution in [1.82, 2.24) is 0 Å². The van der Waals surface area contributed by atoms with Crippen LogP contribution in [0.15, 0.2) is 24.3 Å². The summed E-state index contributed by atoms with van der Waals surface area (Å²) in [5, 5.41) is 17.8. The third-order valence-electron chi connectivity index (χ3n) is 1.97.